The van der Waals surface area contributed by atoms with Gasteiger partial charge in [0.2, 0.25) is 0 Å². The Kier molecular flexibility index (Phi) is 17.8. The molecule has 2 amide bonds. The predicted octanol–water partition coefficient (Wildman–Crippen LogP) is 10.9. The van der Waals surface area contributed by atoms with Crippen LogP contribution in [0.4, 0.5) is 35.9 Å². The largest absolute Gasteiger partial charge is 0.497 e. The average Bonchev–Trinajstić information content (AvgIpc) is 3.58. The quantitative estimate of drug-likeness (QED) is 0.195. The van der Waals surface area contributed by atoms with Crippen LogP contribution in [0.2, 0.25) is 0 Å². The summed E-state index contributed by atoms with van der Waals surface area (Å²) in [5.41, 5.74) is -5.98. The lowest BCUT2D eigenvalue weighted by molar-refractivity contribution is 0.00578. The third-order valence-electron chi connectivity index (χ3n) is 11.9. The fourth-order valence-corrected chi connectivity index (χ4v) is 6.50. The third-order valence-corrected chi connectivity index (χ3v) is 12.5. The Hall–Kier alpha value is -3.01. The van der Waals surface area contributed by atoms with E-state index in [0.29, 0.717) is 0 Å². The molecule has 66 heavy (non-hydrogen) atoms. The zero-order chi connectivity index (χ0) is 51.0. The van der Waals surface area contributed by atoms with Gasteiger partial charge in [-0.15, -0.1) is 0 Å². The number of alkyl halides is 4. The molecule has 2 aromatic carbocycles. The van der Waals surface area contributed by atoms with Gasteiger partial charge in [-0.25, -0.2) is 35.9 Å². The third kappa shape index (κ3) is 14.3. The molecular formula is C44H66B3BrF6N2O10. The molecule has 370 valence electrons. The van der Waals surface area contributed by atoms with Gasteiger partial charge in [0.25, 0.3) is 12.9 Å². The van der Waals surface area contributed by atoms with E-state index in [1.165, 1.54) is 24.3 Å². The summed E-state index contributed by atoms with van der Waals surface area (Å²) in [5.74, 6) is -2.12. The molecule has 3 aliphatic heterocycles. The van der Waals surface area contributed by atoms with Crippen LogP contribution in [0.15, 0.2) is 28.7 Å². The van der Waals surface area contributed by atoms with E-state index in [-0.39, 0.29) is 56.6 Å². The predicted molar refractivity (Wildman–Crippen MR) is 244 cm³/mol. The van der Waals surface area contributed by atoms with Gasteiger partial charge >= 0.3 is 33.3 Å². The van der Waals surface area contributed by atoms with Gasteiger partial charge in [-0.3, -0.25) is 0 Å². The molecule has 0 spiro atoms. The van der Waals surface area contributed by atoms with Crippen LogP contribution in [0.3, 0.4) is 0 Å². The summed E-state index contributed by atoms with van der Waals surface area (Å²) < 4.78 is 127. The number of amides is 2. The molecule has 3 heterocycles. The summed E-state index contributed by atoms with van der Waals surface area (Å²) in [4.78, 5) is 23.2. The van der Waals surface area contributed by atoms with Crippen molar-refractivity contribution in [3.63, 3.8) is 0 Å². The van der Waals surface area contributed by atoms with Crippen molar-refractivity contribution >= 4 is 54.7 Å². The van der Waals surface area contributed by atoms with E-state index in [4.69, 9.17) is 37.4 Å². The Morgan fingerprint density at radius 2 is 0.864 bits per heavy atom. The van der Waals surface area contributed by atoms with Crippen molar-refractivity contribution < 1.29 is 73.3 Å². The van der Waals surface area contributed by atoms with Crippen molar-refractivity contribution in [2.45, 2.75) is 195 Å². The fourth-order valence-electron chi connectivity index (χ4n) is 6.15. The van der Waals surface area contributed by atoms with Crippen LogP contribution in [0.1, 0.15) is 160 Å². The van der Waals surface area contributed by atoms with Crippen LogP contribution < -0.4 is 16.1 Å². The molecule has 3 fully saturated rings. The number of carbonyl (C=O) groups excluding carboxylic acids is 2. The average molecular weight is 1010 g/mol. The molecule has 0 unspecified atom stereocenters. The molecule has 0 atom stereocenters. The first-order chi connectivity index (χ1) is 29.6. The minimum atomic E-state index is -3.07. The lowest BCUT2D eigenvalue weighted by atomic mass is 9.49. The SMILES string of the molecule is CC(C)(C)OC(=O)NCc1ccc(B2OC(C)(C)C(C)(C)O2)c(F)c1C(F)F.CC(C)(C)OC(=O)NCc1ccc(Br)c(F)c1C(F)F.CC1(C)OB(B2OC(C)(C)C(C)(C)O2)OC1(C)C. The van der Waals surface area contributed by atoms with Crippen molar-refractivity contribution in [2.24, 2.45) is 0 Å². The van der Waals surface area contributed by atoms with Crippen molar-refractivity contribution in [3.05, 3.63) is 62.6 Å². The summed E-state index contributed by atoms with van der Waals surface area (Å²) in [6, 6.07) is 5.32. The summed E-state index contributed by atoms with van der Waals surface area (Å²) in [6.45, 7) is 32.9. The second kappa shape index (κ2) is 20.5. The van der Waals surface area contributed by atoms with Crippen LogP contribution in [0, 0.1) is 11.6 Å². The number of hydrogen-bond acceptors (Lipinski definition) is 10. The van der Waals surface area contributed by atoms with Crippen LogP contribution in [-0.2, 0) is 50.5 Å². The van der Waals surface area contributed by atoms with Crippen molar-refractivity contribution in [1.29, 1.82) is 0 Å². The number of ether oxygens (including phenoxy) is 2. The number of rotatable bonds is 8. The number of nitrogens with one attached hydrogen (secondary N) is 2. The molecule has 22 heteroatoms. The second-order valence-electron chi connectivity index (χ2n) is 21.1. The minimum absolute atomic E-state index is 0.00607. The Morgan fingerprint density at radius 1 is 0.561 bits per heavy atom. The van der Waals surface area contributed by atoms with E-state index < -0.39 is 91.3 Å². The molecule has 0 saturated carbocycles. The van der Waals surface area contributed by atoms with E-state index in [2.05, 4.69) is 26.6 Å². The number of halogens is 7. The summed E-state index contributed by atoms with van der Waals surface area (Å²) >= 11 is 2.85. The molecule has 2 aromatic rings. The van der Waals surface area contributed by atoms with E-state index in [1.54, 1.807) is 69.2 Å². The van der Waals surface area contributed by atoms with Gasteiger partial charge in [0, 0.05) is 18.6 Å². The molecule has 0 bridgehead atoms. The molecule has 2 N–H and O–H groups in total. The summed E-state index contributed by atoms with van der Waals surface area (Å²) in [5, 5.41) is 4.69. The first kappa shape index (κ1) is 57.3. The zero-order valence-electron chi connectivity index (χ0n) is 41.3. The first-order valence-electron chi connectivity index (χ1n) is 21.5. The fraction of sp³-hybridized carbons (Fsp3) is 0.682. The Morgan fingerprint density at radius 3 is 1.18 bits per heavy atom. The Labute approximate surface area is 395 Å². The maximum Gasteiger partial charge on any atom is 0.497 e. The molecule has 5 rings (SSSR count). The highest BCUT2D eigenvalue weighted by atomic mass is 79.9. The van der Waals surface area contributed by atoms with Gasteiger partial charge in [0.15, 0.2) is 0 Å². The van der Waals surface area contributed by atoms with E-state index in [1.807, 2.05) is 55.4 Å². The van der Waals surface area contributed by atoms with Crippen LogP contribution >= 0.6 is 15.9 Å². The van der Waals surface area contributed by atoms with E-state index in [0.717, 1.165) is 0 Å². The lowest BCUT2D eigenvalue weighted by Crippen LogP contribution is -2.41. The van der Waals surface area contributed by atoms with Crippen LogP contribution in [-0.4, -0.2) is 78.1 Å². The van der Waals surface area contributed by atoms with Gasteiger partial charge < -0.3 is 48.0 Å². The topological polar surface area (TPSA) is 132 Å². The maximum atomic E-state index is 15.0. The molecule has 12 nitrogen and oxygen atoms in total. The van der Waals surface area contributed by atoms with Crippen molar-refractivity contribution in [1.82, 2.24) is 10.6 Å². The molecule has 0 aromatic heterocycles. The van der Waals surface area contributed by atoms with Gasteiger partial charge in [-0.05, 0) is 158 Å². The normalized spacial score (nSPS) is 20.1. The van der Waals surface area contributed by atoms with Gasteiger partial charge in [-0.1, -0.05) is 18.2 Å². The van der Waals surface area contributed by atoms with Crippen molar-refractivity contribution in [2.75, 3.05) is 0 Å². The highest BCUT2D eigenvalue weighted by molar-refractivity contribution is 9.10. The van der Waals surface area contributed by atoms with E-state index >= 15 is 0 Å². The Balaban J connectivity index is 0.000000271. The molecule has 0 radical (unpaired) electrons. The highest BCUT2D eigenvalue weighted by Gasteiger charge is 2.64. The first-order valence-corrected chi connectivity index (χ1v) is 22.3. The highest BCUT2D eigenvalue weighted by Crippen LogP contribution is 2.43. The number of carbonyl (C=O) groups is 2. The molecule has 3 saturated heterocycles. The summed E-state index contributed by atoms with van der Waals surface area (Å²) in [6.07, 6.45) is -7.56. The second-order valence-corrected chi connectivity index (χ2v) is 22.0. The standard InChI is InChI=1S/C19H27BF3NO4.C13H15BrF3NO2.C12H24B2O4/c1-17(2,3)26-16(25)24-10-11-8-9-12(14(21)13(11)15(22)23)20-27-18(4,5)19(6,7)28-20;1-13(2,3)20-12(19)18-6-7-4-5-8(14)10(15)9(7)11(16)17;1-9(2)10(3,4)16-13(15-9)14-17-11(5,6)12(7,8)18-14/h8-9,15H,10H2,1-7H3,(H,24,25);4-5,11H,6H2,1-3H3,(H,18,19);1-8H3. The monoisotopic (exact) mass is 1010 g/mol. The number of benzene rings is 2. The maximum absolute atomic E-state index is 15.0. The molecular weight excluding hydrogens is 943 g/mol. The van der Waals surface area contributed by atoms with Gasteiger partial charge in [0.1, 0.15) is 22.8 Å². The molecule has 0 aliphatic carbocycles. The number of hydrogen-bond donors (Lipinski definition) is 2. The van der Waals surface area contributed by atoms with Crippen LogP contribution in [0.5, 0.6) is 0 Å². The number of alkyl carbamates (subject to hydrolysis) is 2. The van der Waals surface area contributed by atoms with E-state index in [9.17, 15) is 35.9 Å². The smallest absolute Gasteiger partial charge is 0.444 e. The minimum Gasteiger partial charge on any atom is -0.444 e. The lowest BCUT2D eigenvalue weighted by Gasteiger charge is -2.32. The Bertz CT molecular complexity index is 1970. The van der Waals surface area contributed by atoms with Crippen molar-refractivity contribution in [3.8, 4) is 0 Å². The van der Waals surface area contributed by atoms with Crippen LogP contribution in [0.25, 0.3) is 0 Å². The van der Waals surface area contributed by atoms with Gasteiger partial charge in [-0.2, -0.15) is 0 Å². The molecule has 3 aliphatic rings. The zero-order valence-corrected chi connectivity index (χ0v) is 42.9. The summed E-state index contributed by atoms with van der Waals surface area (Å²) in [7, 11) is -2.05. The van der Waals surface area contributed by atoms with Gasteiger partial charge in [0.05, 0.1) is 49.2 Å².